The van der Waals surface area contributed by atoms with Crippen molar-refractivity contribution in [2.75, 3.05) is 0 Å². The summed E-state index contributed by atoms with van der Waals surface area (Å²) in [5, 5.41) is 9.37. The first kappa shape index (κ1) is 15.4. The highest BCUT2D eigenvalue weighted by Crippen LogP contribution is 2.02. The molecule has 0 radical (unpaired) electrons. The Balaban J connectivity index is 1.93. The predicted molar refractivity (Wildman–Crippen MR) is 80.7 cm³/mol. The molecule has 0 bridgehead atoms. The predicted octanol–water partition coefficient (Wildman–Crippen LogP) is -0.287. The minimum atomic E-state index is -0.720. The van der Waals surface area contributed by atoms with Crippen LogP contribution in [-0.2, 0) is 17.6 Å². The summed E-state index contributed by atoms with van der Waals surface area (Å²) < 4.78 is 0. The van der Waals surface area contributed by atoms with E-state index >= 15 is 0 Å². The quantitative estimate of drug-likeness (QED) is 0.519. The van der Waals surface area contributed by atoms with Gasteiger partial charge in [0.25, 0.3) is 5.56 Å². The highest BCUT2D eigenvalue weighted by Gasteiger charge is 2.08. The standard InChI is InChI=1S/C14H15N5O3/c1-2-9-3-5-10(6-4-9)8-15-18-12(20)7-11-13(21)16-14(22)19-17-11/h3-6,8H,2,7H2,1H3,(H,18,20)(H2,16,19,21,22)/b15-8+. The van der Waals surface area contributed by atoms with E-state index in [0.29, 0.717) is 0 Å². The van der Waals surface area contributed by atoms with E-state index < -0.39 is 17.2 Å². The number of aryl methyl sites for hydroxylation is 1. The van der Waals surface area contributed by atoms with Gasteiger partial charge in [0.15, 0.2) is 0 Å². The maximum Gasteiger partial charge on any atom is 0.342 e. The molecule has 0 aliphatic rings. The molecule has 1 aromatic carbocycles. The van der Waals surface area contributed by atoms with Crippen LogP contribution in [0.15, 0.2) is 39.0 Å². The van der Waals surface area contributed by atoms with Gasteiger partial charge < -0.3 is 0 Å². The number of benzene rings is 1. The fourth-order valence-corrected chi connectivity index (χ4v) is 1.70. The Bertz CT molecular complexity index is 789. The van der Waals surface area contributed by atoms with Crippen molar-refractivity contribution in [1.82, 2.24) is 20.6 Å². The number of rotatable bonds is 5. The van der Waals surface area contributed by atoms with Crippen LogP contribution in [0, 0.1) is 0 Å². The SMILES string of the molecule is CCc1ccc(/C=N/NC(=O)Cc2n[nH]c(=O)[nH]c2=O)cc1. The van der Waals surface area contributed by atoms with E-state index in [0.717, 1.165) is 12.0 Å². The summed E-state index contributed by atoms with van der Waals surface area (Å²) in [6, 6.07) is 7.74. The van der Waals surface area contributed by atoms with Crippen molar-refractivity contribution in [2.45, 2.75) is 19.8 Å². The minimum Gasteiger partial charge on any atom is -0.273 e. The molecule has 0 aliphatic heterocycles. The molecule has 0 atom stereocenters. The Labute approximate surface area is 125 Å². The molecular weight excluding hydrogens is 286 g/mol. The number of carbonyl (C=O) groups is 1. The number of carbonyl (C=O) groups excluding carboxylic acids is 1. The maximum atomic E-state index is 11.6. The second kappa shape index (κ2) is 7.11. The first-order valence-electron chi connectivity index (χ1n) is 6.67. The number of aromatic nitrogens is 3. The zero-order chi connectivity index (χ0) is 15.9. The average Bonchev–Trinajstić information content (AvgIpc) is 2.51. The third-order valence-corrected chi connectivity index (χ3v) is 2.90. The van der Waals surface area contributed by atoms with Crippen LogP contribution in [0.25, 0.3) is 0 Å². The number of aromatic amines is 2. The number of hydrogen-bond donors (Lipinski definition) is 3. The van der Waals surface area contributed by atoms with Gasteiger partial charge in [-0.25, -0.2) is 15.3 Å². The van der Waals surface area contributed by atoms with E-state index in [1.54, 1.807) is 0 Å². The van der Waals surface area contributed by atoms with Gasteiger partial charge in [-0.05, 0) is 17.5 Å². The van der Waals surface area contributed by atoms with E-state index in [-0.39, 0.29) is 12.1 Å². The Kier molecular flexibility index (Phi) is 4.97. The molecule has 8 nitrogen and oxygen atoms in total. The molecule has 8 heteroatoms. The zero-order valence-electron chi connectivity index (χ0n) is 11.9. The number of hydrogen-bond acceptors (Lipinski definition) is 5. The molecule has 22 heavy (non-hydrogen) atoms. The summed E-state index contributed by atoms with van der Waals surface area (Å²) in [5.74, 6) is -0.508. The second-order valence-corrected chi connectivity index (χ2v) is 4.52. The largest absolute Gasteiger partial charge is 0.342 e. The fourth-order valence-electron chi connectivity index (χ4n) is 1.70. The second-order valence-electron chi connectivity index (χ2n) is 4.52. The minimum absolute atomic E-state index is 0.0837. The molecule has 0 saturated heterocycles. The lowest BCUT2D eigenvalue weighted by Crippen LogP contribution is -2.31. The van der Waals surface area contributed by atoms with Crippen LogP contribution < -0.4 is 16.7 Å². The van der Waals surface area contributed by atoms with Gasteiger partial charge in [-0.2, -0.15) is 10.2 Å². The molecular formula is C14H15N5O3. The molecule has 0 unspecified atom stereocenters. The van der Waals surface area contributed by atoms with Gasteiger partial charge in [-0.1, -0.05) is 31.2 Å². The van der Waals surface area contributed by atoms with Gasteiger partial charge >= 0.3 is 5.69 Å². The molecule has 0 aliphatic carbocycles. The maximum absolute atomic E-state index is 11.6. The average molecular weight is 301 g/mol. The first-order valence-corrected chi connectivity index (χ1v) is 6.67. The van der Waals surface area contributed by atoms with Crippen LogP contribution in [0.4, 0.5) is 0 Å². The van der Waals surface area contributed by atoms with E-state index in [9.17, 15) is 14.4 Å². The van der Waals surface area contributed by atoms with Crippen LogP contribution >= 0.6 is 0 Å². The molecule has 0 saturated carbocycles. The van der Waals surface area contributed by atoms with E-state index in [1.165, 1.54) is 11.8 Å². The molecule has 114 valence electrons. The van der Waals surface area contributed by atoms with Crippen molar-refractivity contribution in [3.05, 3.63) is 61.9 Å². The van der Waals surface area contributed by atoms with E-state index in [4.69, 9.17) is 0 Å². The molecule has 1 aromatic heterocycles. The fraction of sp³-hybridized carbons (Fsp3) is 0.214. The lowest BCUT2D eigenvalue weighted by molar-refractivity contribution is -0.120. The van der Waals surface area contributed by atoms with Crippen LogP contribution in [-0.4, -0.2) is 27.3 Å². The molecule has 2 rings (SSSR count). The van der Waals surface area contributed by atoms with Gasteiger partial charge in [-0.15, -0.1) is 0 Å². The van der Waals surface area contributed by atoms with Gasteiger partial charge in [0.1, 0.15) is 5.69 Å². The van der Waals surface area contributed by atoms with Crippen molar-refractivity contribution in [3.8, 4) is 0 Å². The van der Waals surface area contributed by atoms with E-state index in [1.807, 2.05) is 29.2 Å². The highest BCUT2D eigenvalue weighted by atomic mass is 16.2. The number of H-pyrrole nitrogens is 2. The van der Waals surface area contributed by atoms with Gasteiger partial charge in [-0.3, -0.25) is 14.6 Å². The molecule has 0 fully saturated rings. The summed E-state index contributed by atoms with van der Waals surface area (Å²) in [4.78, 5) is 35.8. The van der Waals surface area contributed by atoms with Crippen LogP contribution in [0.3, 0.4) is 0 Å². The van der Waals surface area contributed by atoms with Crippen molar-refractivity contribution in [2.24, 2.45) is 5.10 Å². The lowest BCUT2D eigenvalue weighted by atomic mass is 10.1. The number of hydrazone groups is 1. The molecule has 1 amide bonds. The van der Waals surface area contributed by atoms with Crippen LogP contribution in [0.2, 0.25) is 0 Å². The first-order chi connectivity index (χ1) is 10.6. The van der Waals surface area contributed by atoms with Crippen molar-refractivity contribution in [1.29, 1.82) is 0 Å². The summed E-state index contributed by atoms with van der Waals surface area (Å²) in [6.45, 7) is 2.07. The van der Waals surface area contributed by atoms with Crippen LogP contribution in [0.1, 0.15) is 23.7 Å². The Hall–Kier alpha value is -3.03. The van der Waals surface area contributed by atoms with Gasteiger partial charge in [0.2, 0.25) is 5.91 Å². The third-order valence-electron chi connectivity index (χ3n) is 2.90. The third kappa shape index (κ3) is 4.23. The number of amides is 1. The molecule has 0 spiro atoms. The zero-order valence-corrected chi connectivity index (χ0v) is 11.9. The Morgan fingerprint density at radius 2 is 2.05 bits per heavy atom. The van der Waals surface area contributed by atoms with Crippen molar-refractivity contribution in [3.63, 3.8) is 0 Å². The Morgan fingerprint density at radius 1 is 1.32 bits per heavy atom. The summed E-state index contributed by atoms with van der Waals surface area (Å²) in [6.07, 6.45) is 2.18. The van der Waals surface area contributed by atoms with Gasteiger partial charge in [0.05, 0.1) is 12.6 Å². The molecule has 3 N–H and O–H groups in total. The smallest absolute Gasteiger partial charge is 0.273 e. The Morgan fingerprint density at radius 3 is 2.68 bits per heavy atom. The topological polar surface area (TPSA) is 120 Å². The highest BCUT2D eigenvalue weighted by molar-refractivity contribution is 5.83. The van der Waals surface area contributed by atoms with Crippen LogP contribution in [0.5, 0.6) is 0 Å². The van der Waals surface area contributed by atoms with Crippen molar-refractivity contribution < 1.29 is 4.79 Å². The monoisotopic (exact) mass is 301 g/mol. The normalized spacial score (nSPS) is 10.8. The molecule has 2 aromatic rings. The van der Waals surface area contributed by atoms with Gasteiger partial charge in [0, 0.05) is 0 Å². The van der Waals surface area contributed by atoms with Crippen molar-refractivity contribution >= 4 is 12.1 Å². The summed E-state index contributed by atoms with van der Waals surface area (Å²) >= 11 is 0. The summed E-state index contributed by atoms with van der Waals surface area (Å²) in [7, 11) is 0. The molecule has 1 heterocycles. The lowest BCUT2D eigenvalue weighted by Gasteiger charge is -1.99. The number of nitrogens with zero attached hydrogens (tertiary/aromatic N) is 2. The van der Waals surface area contributed by atoms with E-state index in [2.05, 4.69) is 27.6 Å². The number of nitrogens with one attached hydrogen (secondary N) is 3. The summed E-state index contributed by atoms with van der Waals surface area (Å²) in [5.41, 5.74) is 2.85.